The Bertz CT molecular complexity index is 4530. The molecule has 92 heavy (non-hydrogen) atoms. The van der Waals surface area contributed by atoms with Gasteiger partial charge in [0.15, 0.2) is 0 Å². The monoisotopic (exact) mass is 1270 g/mol. The van der Waals surface area contributed by atoms with E-state index in [9.17, 15) is 0 Å². The molecule has 2 heteroatoms. The molecule has 0 saturated heterocycles. The summed E-state index contributed by atoms with van der Waals surface area (Å²) in [6.45, 7) is 4.31. The molecule has 2 saturated carbocycles. The normalized spacial score (nSPS) is 13.9. The summed E-state index contributed by atoms with van der Waals surface area (Å²) < 4.78 is 0. The molecular weight excluding hydrogens is 1200 g/mol. The number of benzene rings is 14. The Hall–Kier alpha value is -8.52. The number of hydrogen-bond acceptors (Lipinski definition) is 0. The van der Waals surface area contributed by atoms with Crippen molar-refractivity contribution in [1.82, 2.24) is 0 Å². The maximum atomic E-state index is 2.55. The van der Waals surface area contributed by atoms with Crippen LogP contribution in [0.2, 0.25) is 13.1 Å². The van der Waals surface area contributed by atoms with Gasteiger partial charge >= 0.3 is 26.2 Å². The molecule has 0 spiro atoms. The van der Waals surface area contributed by atoms with Crippen LogP contribution in [0.4, 0.5) is 0 Å². The van der Waals surface area contributed by atoms with Gasteiger partial charge in [-0.2, -0.15) is 12.1 Å². The summed E-state index contributed by atoms with van der Waals surface area (Å²) in [5, 5.41) is 26.5. The molecule has 2 radical (unpaired) electrons. The van der Waals surface area contributed by atoms with E-state index >= 15 is 0 Å². The smallest absolute Gasteiger partial charge is 0.164 e. The zero-order valence-electron chi connectivity index (χ0n) is 53.0. The van der Waals surface area contributed by atoms with Crippen molar-refractivity contribution in [2.45, 2.75) is 90.1 Å². The summed E-state index contributed by atoms with van der Waals surface area (Å²) in [5.74, 6) is 1.59. The van der Waals surface area contributed by atoms with Crippen LogP contribution in [0.3, 0.4) is 0 Å². The SMILES string of the molecule is C[Si]C.[Zr+2].c1ccc2c(-c3ccc(-c4c5ccccc5cc5ccccc45)c4[cH-]c(CC5CCCCC5)cc34)c3ccccc3cc2c1.c1ccc2c(-c3ccc(-c4c5ccccc5cc5ccccc45)c4[cH-]c(CC5CCCCC5)cc34)c3ccccc3cc2c1. The van der Waals surface area contributed by atoms with Crippen molar-refractivity contribution in [3.63, 3.8) is 0 Å². The molecule has 0 bridgehead atoms. The van der Waals surface area contributed by atoms with E-state index in [4.69, 9.17) is 0 Å². The van der Waals surface area contributed by atoms with Crippen LogP contribution in [0.25, 0.3) is 152 Å². The van der Waals surface area contributed by atoms with Gasteiger partial charge in [-0.3, -0.25) is 0 Å². The standard InChI is InChI=1S/2C44H35.C2H6Si.Zr/c2*1-2-12-29(13-3-1)24-30-25-41-39(43-35-18-8-4-14-31(35)27-32-15-5-9-19-36(32)43)22-23-40(42(41)26-30)44-37-20-10-6-16-33(37)28-34-17-7-11-21-38(34)44;1-3-2;/h2*4-11,14-23,25-29H,1-3,12-13,24H2;1-2H3;/q2*-1;;+2. The van der Waals surface area contributed by atoms with E-state index in [1.807, 2.05) is 0 Å². The van der Waals surface area contributed by atoms with Crippen molar-refractivity contribution < 1.29 is 26.2 Å². The third-order valence-corrected chi connectivity index (χ3v) is 20.6. The first-order chi connectivity index (χ1) is 45.0. The minimum atomic E-state index is 0. The van der Waals surface area contributed by atoms with Crippen LogP contribution in [-0.2, 0) is 39.0 Å². The summed E-state index contributed by atoms with van der Waals surface area (Å²) in [4.78, 5) is 0. The summed E-state index contributed by atoms with van der Waals surface area (Å²) in [5.41, 5.74) is 13.8. The molecule has 2 aliphatic rings. The molecule has 16 aromatic rings. The van der Waals surface area contributed by atoms with Crippen LogP contribution in [0.15, 0.2) is 267 Å². The fraction of sp³-hybridized carbons (Fsp3) is 0.178. The van der Waals surface area contributed by atoms with Crippen molar-refractivity contribution in [2.75, 3.05) is 0 Å². The molecule has 0 N–H and O–H groups in total. The van der Waals surface area contributed by atoms with Crippen molar-refractivity contribution in [3.8, 4) is 44.5 Å². The van der Waals surface area contributed by atoms with Crippen LogP contribution in [0.1, 0.15) is 75.3 Å². The Kier molecular flexibility index (Phi) is 17.0. The fourth-order valence-electron chi connectivity index (χ4n) is 16.5. The van der Waals surface area contributed by atoms with Gasteiger partial charge in [-0.1, -0.05) is 318 Å². The molecule has 444 valence electrons. The second-order valence-corrected chi connectivity index (χ2v) is 27.4. The molecule has 2 fully saturated rings. The predicted octanol–water partition coefficient (Wildman–Crippen LogP) is 26.0. The molecule has 18 rings (SSSR count). The minimum Gasteiger partial charge on any atom is -0.164 e. The molecule has 0 aliphatic heterocycles. The molecule has 2 aliphatic carbocycles. The zero-order chi connectivity index (χ0) is 60.8. The van der Waals surface area contributed by atoms with Gasteiger partial charge in [0.2, 0.25) is 0 Å². The zero-order valence-corrected chi connectivity index (χ0v) is 56.5. The van der Waals surface area contributed by atoms with Crippen LogP contribution in [0, 0.1) is 11.8 Å². The number of fused-ring (bicyclic) bond motifs is 10. The topological polar surface area (TPSA) is 0 Å². The summed E-state index contributed by atoms with van der Waals surface area (Å²) >= 11 is 0. The average Bonchev–Trinajstić information content (AvgIpc) is 1.31. The van der Waals surface area contributed by atoms with Crippen molar-refractivity contribution in [2.24, 2.45) is 11.8 Å². The number of hydrogen-bond donors (Lipinski definition) is 0. The quantitative estimate of drug-likeness (QED) is 0.0808. The van der Waals surface area contributed by atoms with E-state index in [1.54, 1.807) is 0 Å². The largest absolute Gasteiger partial charge is 2.00 e. The molecule has 0 heterocycles. The number of rotatable bonds is 8. The first-order valence-corrected chi connectivity index (χ1v) is 35.7. The Balaban J connectivity index is 0.000000145. The van der Waals surface area contributed by atoms with E-state index in [0.29, 0.717) is 0 Å². The molecule has 0 nitrogen and oxygen atoms in total. The average molecular weight is 1280 g/mol. The van der Waals surface area contributed by atoms with E-state index in [2.05, 4.69) is 280 Å². The predicted molar refractivity (Wildman–Crippen MR) is 399 cm³/mol. The maximum Gasteiger partial charge on any atom is 2.00 e. The van der Waals surface area contributed by atoms with Crippen molar-refractivity contribution >= 4 is 117 Å². The Labute approximate surface area is 563 Å². The maximum absolute atomic E-state index is 2.55. The summed E-state index contributed by atoms with van der Waals surface area (Å²) in [6.07, 6.45) is 16.1. The molecular formula is C90H76SiZr. The van der Waals surface area contributed by atoms with Crippen LogP contribution >= 0.6 is 0 Å². The molecule has 0 amide bonds. The van der Waals surface area contributed by atoms with Crippen molar-refractivity contribution in [1.29, 1.82) is 0 Å². The van der Waals surface area contributed by atoms with Gasteiger partial charge in [-0.15, -0.1) is 44.8 Å². The summed E-state index contributed by atoms with van der Waals surface area (Å²) in [6, 6.07) is 101. The van der Waals surface area contributed by atoms with E-state index in [0.717, 1.165) is 21.4 Å². The van der Waals surface area contributed by atoms with Gasteiger partial charge in [-0.25, -0.2) is 0 Å². The molecule has 16 aromatic carbocycles. The Morgan fingerprint density at radius 2 is 0.489 bits per heavy atom. The van der Waals surface area contributed by atoms with E-state index in [1.165, 1.54) is 240 Å². The fourth-order valence-corrected chi connectivity index (χ4v) is 16.5. The molecule has 0 aromatic heterocycles. The Morgan fingerprint density at radius 1 is 0.272 bits per heavy atom. The van der Waals surface area contributed by atoms with Gasteiger partial charge in [0.1, 0.15) is 0 Å². The van der Waals surface area contributed by atoms with Gasteiger partial charge in [0.05, 0.1) is 0 Å². The molecule has 0 unspecified atom stereocenters. The third-order valence-electron chi connectivity index (χ3n) is 20.6. The van der Waals surface area contributed by atoms with Crippen LogP contribution in [-0.4, -0.2) is 9.52 Å². The van der Waals surface area contributed by atoms with Gasteiger partial charge in [0, 0.05) is 9.52 Å². The van der Waals surface area contributed by atoms with Gasteiger partial charge in [-0.05, 0) is 157 Å². The Morgan fingerprint density at radius 3 is 0.739 bits per heavy atom. The minimum absolute atomic E-state index is 0. The first kappa shape index (κ1) is 59.8. The van der Waals surface area contributed by atoms with Crippen LogP contribution in [0.5, 0.6) is 0 Å². The second-order valence-electron chi connectivity index (χ2n) is 26.4. The third kappa shape index (κ3) is 11.2. The van der Waals surface area contributed by atoms with Crippen LogP contribution < -0.4 is 0 Å². The second kappa shape index (κ2) is 26.2. The summed E-state index contributed by atoms with van der Waals surface area (Å²) in [7, 11) is 1.08. The van der Waals surface area contributed by atoms with E-state index < -0.39 is 0 Å². The van der Waals surface area contributed by atoms with Gasteiger partial charge < -0.3 is 0 Å². The van der Waals surface area contributed by atoms with Gasteiger partial charge in [0.25, 0.3) is 0 Å². The van der Waals surface area contributed by atoms with E-state index in [-0.39, 0.29) is 26.2 Å². The molecule has 0 atom stereocenters. The van der Waals surface area contributed by atoms with Crippen molar-refractivity contribution in [3.05, 3.63) is 278 Å². The first-order valence-electron chi connectivity index (χ1n) is 33.7.